The van der Waals surface area contributed by atoms with Gasteiger partial charge in [0.05, 0.1) is 25.7 Å². The predicted octanol–water partition coefficient (Wildman–Crippen LogP) is 1.27. The number of benzene rings is 1. The third-order valence-corrected chi connectivity index (χ3v) is 2.12. The third-order valence-electron chi connectivity index (χ3n) is 2.12. The molecule has 0 amide bonds. The van der Waals surface area contributed by atoms with Gasteiger partial charge in [-0.15, -0.1) is 0 Å². The second-order valence-corrected chi connectivity index (χ2v) is 3.28. The summed E-state index contributed by atoms with van der Waals surface area (Å²) in [5.41, 5.74) is 1.58. The quantitative estimate of drug-likeness (QED) is 0.735. The lowest BCUT2D eigenvalue weighted by molar-refractivity contribution is 0.144. The predicted molar refractivity (Wildman–Crippen MR) is 59.1 cm³/mol. The minimum Gasteiger partial charge on any atom is -0.491 e. The van der Waals surface area contributed by atoms with Crippen LogP contribution < -0.4 is 4.74 Å². The van der Waals surface area contributed by atoms with E-state index in [4.69, 9.17) is 14.7 Å². The average molecular weight is 221 g/mol. The minimum absolute atomic E-state index is 0.0957. The molecule has 4 nitrogen and oxygen atoms in total. The Balaban J connectivity index is 2.73. The summed E-state index contributed by atoms with van der Waals surface area (Å²) in [7, 11) is 1.60. The highest BCUT2D eigenvalue weighted by Gasteiger charge is 2.04. The van der Waals surface area contributed by atoms with Gasteiger partial charge in [-0.1, -0.05) is 6.07 Å². The first-order valence-corrected chi connectivity index (χ1v) is 5.03. The van der Waals surface area contributed by atoms with E-state index in [9.17, 15) is 5.11 Å². The number of methoxy groups -OCH3 is 1. The van der Waals surface area contributed by atoms with E-state index < -0.39 is 0 Å². The van der Waals surface area contributed by atoms with Crippen LogP contribution in [0.5, 0.6) is 5.75 Å². The molecule has 0 atom stereocenters. The fraction of sp³-hybridized carbons (Fsp3) is 0.417. The van der Waals surface area contributed by atoms with E-state index in [-0.39, 0.29) is 6.61 Å². The summed E-state index contributed by atoms with van der Waals surface area (Å²) in [6.07, 6.45) is 0.339. The van der Waals surface area contributed by atoms with E-state index in [0.29, 0.717) is 30.9 Å². The number of aliphatic hydroxyl groups is 1. The SMILES string of the molecule is COCCOc1ccc(CC#N)cc1CO. The Morgan fingerprint density at radius 1 is 1.38 bits per heavy atom. The molecular weight excluding hydrogens is 206 g/mol. The highest BCUT2D eigenvalue weighted by atomic mass is 16.5. The molecule has 0 radical (unpaired) electrons. The molecule has 16 heavy (non-hydrogen) atoms. The lowest BCUT2D eigenvalue weighted by Crippen LogP contribution is -2.06. The van der Waals surface area contributed by atoms with Crippen molar-refractivity contribution >= 4 is 0 Å². The van der Waals surface area contributed by atoms with Crippen molar-refractivity contribution in [2.45, 2.75) is 13.0 Å². The monoisotopic (exact) mass is 221 g/mol. The van der Waals surface area contributed by atoms with Crippen LogP contribution in [0.25, 0.3) is 0 Å². The van der Waals surface area contributed by atoms with E-state index in [1.165, 1.54) is 0 Å². The summed E-state index contributed by atoms with van der Waals surface area (Å²) in [6.45, 7) is 0.855. The maximum atomic E-state index is 9.17. The second kappa shape index (κ2) is 6.83. The number of hydrogen-bond donors (Lipinski definition) is 1. The zero-order valence-corrected chi connectivity index (χ0v) is 9.27. The van der Waals surface area contributed by atoms with Gasteiger partial charge in [-0.05, 0) is 17.7 Å². The molecule has 0 aliphatic heterocycles. The van der Waals surface area contributed by atoms with E-state index in [2.05, 4.69) is 6.07 Å². The molecule has 0 bridgehead atoms. The molecule has 0 saturated heterocycles. The van der Waals surface area contributed by atoms with Crippen LogP contribution in [0.2, 0.25) is 0 Å². The number of hydrogen-bond acceptors (Lipinski definition) is 4. The summed E-state index contributed by atoms with van der Waals surface area (Å²) < 4.78 is 10.3. The minimum atomic E-state index is -0.0957. The van der Waals surface area contributed by atoms with Crippen molar-refractivity contribution in [3.05, 3.63) is 29.3 Å². The average Bonchev–Trinajstić information content (AvgIpc) is 2.31. The fourth-order valence-corrected chi connectivity index (χ4v) is 1.33. The lowest BCUT2D eigenvalue weighted by Gasteiger charge is -2.10. The second-order valence-electron chi connectivity index (χ2n) is 3.28. The van der Waals surface area contributed by atoms with Crippen molar-refractivity contribution in [2.75, 3.05) is 20.3 Å². The van der Waals surface area contributed by atoms with E-state index in [1.807, 2.05) is 6.07 Å². The van der Waals surface area contributed by atoms with Gasteiger partial charge in [0.2, 0.25) is 0 Å². The summed E-state index contributed by atoms with van der Waals surface area (Å²) >= 11 is 0. The van der Waals surface area contributed by atoms with Gasteiger partial charge >= 0.3 is 0 Å². The Bertz CT molecular complexity index is 371. The molecule has 1 aromatic rings. The van der Waals surface area contributed by atoms with Crippen LogP contribution in [0.1, 0.15) is 11.1 Å². The molecule has 0 spiro atoms. The maximum Gasteiger partial charge on any atom is 0.124 e. The van der Waals surface area contributed by atoms with Crippen LogP contribution in [0.3, 0.4) is 0 Å². The molecular formula is C12H15NO3. The number of rotatable bonds is 6. The summed E-state index contributed by atoms with van der Waals surface area (Å²) in [6, 6.07) is 7.44. The number of aliphatic hydroxyl groups excluding tert-OH is 1. The molecule has 0 unspecified atom stereocenters. The molecule has 1 rings (SSSR count). The molecule has 86 valence electrons. The van der Waals surface area contributed by atoms with Gasteiger partial charge in [0, 0.05) is 12.7 Å². The zero-order valence-electron chi connectivity index (χ0n) is 9.27. The highest BCUT2D eigenvalue weighted by molar-refractivity contribution is 5.37. The van der Waals surface area contributed by atoms with Crippen molar-refractivity contribution in [1.29, 1.82) is 5.26 Å². The van der Waals surface area contributed by atoms with Gasteiger partial charge in [0.25, 0.3) is 0 Å². The van der Waals surface area contributed by atoms with Crippen molar-refractivity contribution in [3.63, 3.8) is 0 Å². The summed E-state index contributed by atoms with van der Waals surface area (Å²) in [5, 5.41) is 17.7. The van der Waals surface area contributed by atoms with E-state index in [0.717, 1.165) is 5.56 Å². The first-order chi connectivity index (χ1) is 7.81. The van der Waals surface area contributed by atoms with Crippen LogP contribution in [-0.4, -0.2) is 25.4 Å². The Hall–Kier alpha value is -1.57. The van der Waals surface area contributed by atoms with Crippen LogP contribution in [0.15, 0.2) is 18.2 Å². The molecule has 0 fully saturated rings. The van der Waals surface area contributed by atoms with Crippen molar-refractivity contribution in [3.8, 4) is 11.8 Å². The van der Waals surface area contributed by atoms with Crippen molar-refractivity contribution in [2.24, 2.45) is 0 Å². The largest absolute Gasteiger partial charge is 0.491 e. The third kappa shape index (κ3) is 3.54. The first kappa shape index (κ1) is 12.5. The molecule has 0 aliphatic carbocycles. The summed E-state index contributed by atoms with van der Waals surface area (Å²) in [5.74, 6) is 0.640. The lowest BCUT2D eigenvalue weighted by atomic mass is 10.1. The highest BCUT2D eigenvalue weighted by Crippen LogP contribution is 2.20. The Morgan fingerprint density at radius 3 is 2.81 bits per heavy atom. The molecule has 0 saturated carbocycles. The van der Waals surface area contributed by atoms with E-state index in [1.54, 1.807) is 19.2 Å². The fourth-order valence-electron chi connectivity index (χ4n) is 1.33. The van der Waals surface area contributed by atoms with Gasteiger partial charge in [-0.3, -0.25) is 0 Å². The van der Waals surface area contributed by atoms with Crippen molar-refractivity contribution < 1.29 is 14.6 Å². The Labute approximate surface area is 95.0 Å². The number of nitrogens with zero attached hydrogens (tertiary/aromatic N) is 1. The Kier molecular flexibility index (Phi) is 5.34. The molecule has 0 heterocycles. The normalized spacial score (nSPS) is 9.81. The van der Waals surface area contributed by atoms with Gasteiger partial charge in [-0.25, -0.2) is 0 Å². The molecule has 0 aromatic heterocycles. The molecule has 4 heteroatoms. The van der Waals surface area contributed by atoms with Crippen LogP contribution in [0.4, 0.5) is 0 Å². The van der Waals surface area contributed by atoms with Gasteiger partial charge in [-0.2, -0.15) is 5.26 Å². The topological polar surface area (TPSA) is 62.5 Å². The van der Waals surface area contributed by atoms with Crippen LogP contribution in [-0.2, 0) is 17.8 Å². The number of nitriles is 1. The molecule has 1 aromatic carbocycles. The first-order valence-electron chi connectivity index (χ1n) is 5.03. The van der Waals surface area contributed by atoms with Crippen molar-refractivity contribution in [1.82, 2.24) is 0 Å². The molecule has 0 aliphatic rings. The van der Waals surface area contributed by atoms with Crippen LogP contribution >= 0.6 is 0 Å². The van der Waals surface area contributed by atoms with Gasteiger partial charge in [0.15, 0.2) is 0 Å². The maximum absolute atomic E-state index is 9.17. The van der Waals surface area contributed by atoms with Gasteiger partial charge in [0.1, 0.15) is 12.4 Å². The smallest absolute Gasteiger partial charge is 0.124 e. The standard InChI is InChI=1S/C12H15NO3/c1-15-6-7-16-12-3-2-10(4-5-13)8-11(12)9-14/h2-3,8,14H,4,6-7,9H2,1H3. The van der Waals surface area contributed by atoms with Gasteiger partial charge < -0.3 is 14.6 Å². The summed E-state index contributed by atoms with van der Waals surface area (Å²) in [4.78, 5) is 0. The van der Waals surface area contributed by atoms with Crippen LogP contribution in [0, 0.1) is 11.3 Å². The molecule has 1 N–H and O–H groups in total. The van der Waals surface area contributed by atoms with E-state index >= 15 is 0 Å². The number of ether oxygens (including phenoxy) is 2. The zero-order chi connectivity index (χ0) is 11.8. The Morgan fingerprint density at radius 2 is 2.19 bits per heavy atom.